The van der Waals surface area contributed by atoms with Gasteiger partial charge in [-0.2, -0.15) is 0 Å². The van der Waals surface area contributed by atoms with E-state index in [0.29, 0.717) is 22.9 Å². The number of hydrogen-bond acceptors (Lipinski definition) is 2. The lowest BCUT2D eigenvalue weighted by molar-refractivity contribution is -0.134. The quantitative estimate of drug-likeness (QED) is 0.875. The molecule has 0 heterocycles. The second kappa shape index (κ2) is 6.75. The Labute approximate surface area is 130 Å². The molecule has 1 fully saturated rings. The molecule has 0 aromatic heterocycles. The second-order valence-electron chi connectivity index (χ2n) is 6.13. The molecule has 0 unspecified atom stereocenters. The standard InChI is InChI=1S/C16H22ClFN2O/c1-10(2)8-15(19)16(21)20(11-6-7-11)9-12-13(17)4-3-5-14(12)18/h3-5,10-11,15H,6-9,19H2,1-2H3/t15-/m0/s1. The van der Waals surface area contributed by atoms with Crippen molar-refractivity contribution in [1.82, 2.24) is 4.90 Å². The monoisotopic (exact) mass is 312 g/mol. The topological polar surface area (TPSA) is 46.3 Å². The number of nitrogens with two attached hydrogens (primary N) is 1. The third-order valence-corrected chi connectivity index (χ3v) is 4.06. The fraction of sp³-hybridized carbons (Fsp3) is 0.562. The van der Waals surface area contributed by atoms with Crippen LogP contribution in [0.5, 0.6) is 0 Å². The van der Waals surface area contributed by atoms with Crippen molar-refractivity contribution in [3.05, 3.63) is 34.6 Å². The molecule has 5 heteroatoms. The zero-order valence-electron chi connectivity index (χ0n) is 12.5. The summed E-state index contributed by atoms with van der Waals surface area (Å²) in [6.07, 6.45) is 2.53. The number of amides is 1. The molecule has 1 aromatic carbocycles. The summed E-state index contributed by atoms with van der Waals surface area (Å²) in [5.74, 6) is -0.133. The van der Waals surface area contributed by atoms with E-state index < -0.39 is 6.04 Å². The molecular weight excluding hydrogens is 291 g/mol. The van der Waals surface area contributed by atoms with Crippen molar-refractivity contribution in [2.24, 2.45) is 11.7 Å². The van der Waals surface area contributed by atoms with Crippen LogP contribution in [-0.4, -0.2) is 22.9 Å². The maximum atomic E-state index is 13.9. The van der Waals surface area contributed by atoms with Crippen LogP contribution in [-0.2, 0) is 11.3 Å². The average Bonchev–Trinajstić information content (AvgIpc) is 3.21. The summed E-state index contributed by atoms with van der Waals surface area (Å²) in [7, 11) is 0. The van der Waals surface area contributed by atoms with Crippen LogP contribution < -0.4 is 5.73 Å². The minimum atomic E-state index is -0.531. The summed E-state index contributed by atoms with van der Waals surface area (Å²) >= 11 is 6.06. The maximum Gasteiger partial charge on any atom is 0.240 e. The second-order valence-corrected chi connectivity index (χ2v) is 6.54. The van der Waals surface area contributed by atoms with Gasteiger partial charge in [0.2, 0.25) is 5.91 Å². The highest BCUT2D eigenvalue weighted by Crippen LogP contribution is 2.31. The molecule has 116 valence electrons. The van der Waals surface area contributed by atoms with Gasteiger partial charge in [0.25, 0.3) is 0 Å². The lowest BCUT2D eigenvalue weighted by Crippen LogP contribution is -2.45. The Morgan fingerprint density at radius 1 is 1.48 bits per heavy atom. The number of rotatable bonds is 6. The summed E-state index contributed by atoms with van der Waals surface area (Å²) in [4.78, 5) is 14.2. The van der Waals surface area contributed by atoms with Gasteiger partial charge in [0.15, 0.2) is 0 Å². The Morgan fingerprint density at radius 2 is 2.14 bits per heavy atom. The smallest absolute Gasteiger partial charge is 0.240 e. The van der Waals surface area contributed by atoms with Gasteiger partial charge in [-0.15, -0.1) is 0 Å². The van der Waals surface area contributed by atoms with Crippen molar-refractivity contribution >= 4 is 17.5 Å². The van der Waals surface area contributed by atoms with Crippen LogP contribution in [0.25, 0.3) is 0 Å². The van der Waals surface area contributed by atoms with E-state index in [0.717, 1.165) is 12.8 Å². The van der Waals surface area contributed by atoms with Gasteiger partial charge >= 0.3 is 0 Å². The molecule has 1 aromatic rings. The summed E-state index contributed by atoms with van der Waals surface area (Å²) in [5, 5.41) is 0.353. The average molecular weight is 313 g/mol. The van der Waals surface area contributed by atoms with Gasteiger partial charge in [0.05, 0.1) is 12.6 Å². The first kappa shape index (κ1) is 16.2. The Hall–Kier alpha value is -1.13. The molecule has 0 aliphatic heterocycles. The van der Waals surface area contributed by atoms with Gasteiger partial charge < -0.3 is 10.6 Å². The normalized spacial score (nSPS) is 16.1. The van der Waals surface area contributed by atoms with Crippen LogP contribution in [0.3, 0.4) is 0 Å². The number of nitrogens with zero attached hydrogens (tertiary/aromatic N) is 1. The summed E-state index contributed by atoms with van der Waals surface area (Å²) in [6, 6.07) is 4.21. The Morgan fingerprint density at radius 3 is 2.67 bits per heavy atom. The van der Waals surface area contributed by atoms with Crippen molar-refractivity contribution in [3.8, 4) is 0 Å². The van der Waals surface area contributed by atoms with E-state index in [9.17, 15) is 9.18 Å². The minimum Gasteiger partial charge on any atom is -0.334 e. The highest BCUT2D eigenvalue weighted by atomic mass is 35.5. The van der Waals surface area contributed by atoms with E-state index in [1.165, 1.54) is 6.07 Å². The van der Waals surface area contributed by atoms with E-state index in [1.54, 1.807) is 17.0 Å². The molecule has 2 rings (SSSR count). The van der Waals surface area contributed by atoms with Gasteiger partial charge in [-0.05, 0) is 37.3 Å². The van der Waals surface area contributed by atoms with Gasteiger partial charge in [-0.3, -0.25) is 4.79 Å². The number of benzene rings is 1. The predicted molar refractivity (Wildman–Crippen MR) is 82.4 cm³/mol. The van der Waals surface area contributed by atoms with E-state index in [-0.39, 0.29) is 24.3 Å². The van der Waals surface area contributed by atoms with Crippen molar-refractivity contribution in [2.75, 3.05) is 0 Å². The SMILES string of the molecule is CC(C)C[C@H](N)C(=O)N(Cc1c(F)cccc1Cl)C1CC1. The van der Waals surface area contributed by atoms with Gasteiger partial charge in [0.1, 0.15) is 5.82 Å². The first-order valence-electron chi connectivity index (χ1n) is 7.39. The first-order valence-corrected chi connectivity index (χ1v) is 7.77. The molecule has 0 saturated heterocycles. The van der Waals surface area contributed by atoms with Crippen LogP contribution >= 0.6 is 11.6 Å². The molecule has 3 nitrogen and oxygen atoms in total. The van der Waals surface area contributed by atoms with Gasteiger partial charge in [-0.25, -0.2) is 4.39 Å². The lowest BCUT2D eigenvalue weighted by atomic mass is 10.0. The van der Waals surface area contributed by atoms with Crippen LogP contribution in [0.15, 0.2) is 18.2 Å². The molecule has 0 bridgehead atoms. The van der Waals surface area contributed by atoms with Gasteiger partial charge in [0, 0.05) is 16.6 Å². The molecule has 0 spiro atoms. The number of carbonyl (C=O) groups is 1. The first-order chi connectivity index (χ1) is 9.90. The molecule has 1 amide bonds. The summed E-state index contributed by atoms with van der Waals surface area (Å²) in [5.41, 5.74) is 6.37. The van der Waals surface area contributed by atoms with E-state index in [2.05, 4.69) is 0 Å². The van der Waals surface area contributed by atoms with Crippen LogP contribution in [0.4, 0.5) is 4.39 Å². The number of carbonyl (C=O) groups excluding carboxylic acids is 1. The number of hydrogen-bond donors (Lipinski definition) is 1. The summed E-state index contributed by atoms with van der Waals surface area (Å²) in [6.45, 7) is 4.26. The molecule has 1 aliphatic rings. The fourth-order valence-corrected chi connectivity index (χ4v) is 2.67. The molecule has 21 heavy (non-hydrogen) atoms. The van der Waals surface area contributed by atoms with Crippen molar-refractivity contribution < 1.29 is 9.18 Å². The third-order valence-electron chi connectivity index (χ3n) is 3.70. The van der Waals surface area contributed by atoms with Crippen molar-refractivity contribution in [2.45, 2.75) is 51.7 Å². The highest BCUT2D eigenvalue weighted by molar-refractivity contribution is 6.31. The minimum absolute atomic E-state index is 0.106. The largest absolute Gasteiger partial charge is 0.334 e. The molecule has 0 radical (unpaired) electrons. The van der Waals surface area contributed by atoms with E-state index >= 15 is 0 Å². The summed E-state index contributed by atoms with van der Waals surface area (Å²) < 4.78 is 13.9. The molecule has 2 N–H and O–H groups in total. The van der Waals surface area contributed by atoms with E-state index in [4.69, 9.17) is 17.3 Å². The fourth-order valence-electron chi connectivity index (χ4n) is 2.45. The molecular formula is C16H22ClFN2O. The van der Waals surface area contributed by atoms with Crippen LogP contribution in [0, 0.1) is 11.7 Å². The third kappa shape index (κ3) is 4.17. The molecule has 1 aliphatic carbocycles. The number of halogens is 2. The van der Waals surface area contributed by atoms with Crippen molar-refractivity contribution in [3.63, 3.8) is 0 Å². The zero-order valence-corrected chi connectivity index (χ0v) is 13.2. The Balaban J connectivity index is 2.14. The van der Waals surface area contributed by atoms with Crippen molar-refractivity contribution in [1.29, 1.82) is 0 Å². The van der Waals surface area contributed by atoms with Crippen LogP contribution in [0.1, 0.15) is 38.7 Å². The Bertz CT molecular complexity index is 497. The lowest BCUT2D eigenvalue weighted by Gasteiger charge is -2.27. The Kier molecular flexibility index (Phi) is 5.22. The zero-order chi connectivity index (χ0) is 15.6. The predicted octanol–water partition coefficient (Wildman–Crippen LogP) is 3.34. The molecule has 1 atom stereocenters. The molecule has 1 saturated carbocycles. The van der Waals surface area contributed by atoms with Crippen LogP contribution in [0.2, 0.25) is 5.02 Å². The highest BCUT2D eigenvalue weighted by Gasteiger charge is 2.35. The van der Waals surface area contributed by atoms with Gasteiger partial charge in [-0.1, -0.05) is 31.5 Å². The van der Waals surface area contributed by atoms with E-state index in [1.807, 2.05) is 13.8 Å². The maximum absolute atomic E-state index is 13.9.